The van der Waals surface area contributed by atoms with Crippen LogP contribution in [0.2, 0.25) is 5.02 Å². The van der Waals surface area contributed by atoms with Crippen molar-refractivity contribution in [2.24, 2.45) is 0 Å². The van der Waals surface area contributed by atoms with Gasteiger partial charge in [-0.2, -0.15) is 0 Å². The van der Waals surface area contributed by atoms with Crippen LogP contribution in [0.15, 0.2) is 24.3 Å². The molecule has 114 valence electrons. The number of hydrogen-bond donors (Lipinski definition) is 3. The number of carbonyl (C=O) groups is 2. The number of aliphatic hydroxyl groups is 1. The van der Waals surface area contributed by atoms with E-state index in [1.54, 1.807) is 24.3 Å². The van der Waals surface area contributed by atoms with E-state index in [0.717, 1.165) is 19.3 Å². The number of hydrogen-bond acceptors (Lipinski definition) is 3. The van der Waals surface area contributed by atoms with Crippen LogP contribution in [-0.2, 0) is 4.79 Å². The molecule has 3 N–H and O–H groups in total. The van der Waals surface area contributed by atoms with Crippen molar-refractivity contribution in [1.82, 2.24) is 10.6 Å². The monoisotopic (exact) mass is 310 g/mol. The summed E-state index contributed by atoms with van der Waals surface area (Å²) in [7, 11) is 0. The van der Waals surface area contributed by atoms with Crippen LogP contribution in [0.5, 0.6) is 0 Å². The Morgan fingerprint density at radius 3 is 2.76 bits per heavy atom. The predicted octanol–water partition coefficient (Wildman–Crippen LogP) is 1.49. The van der Waals surface area contributed by atoms with Gasteiger partial charge in [-0.25, -0.2) is 0 Å². The molecule has 0 aliphatic heterocycles. The van der Waals surface area contributed by atoms with E-state index in [4.69, 9.17) is 11.6 Å². The molecule has 0 saturated heterocycles. The number of halogens is 1. The first-order valence-corrected chi connectivity index (χ1v) is 7.45. The molecule has 0 radical (unpaired) electrons. The van der Waals surface area contributed by atoms with Gasteiger partial charge in [0.2, 0.25) is 5.91 Å². The highest BCUT2D eigenvalue weighted by molar-refractivity contribution is 6.30. The van der Waals surface area contributed by atoms with Gasteiger partial charge in [0.05, 0.1) is 18.7 Å². The summed E-state index contributed by atoms with van der Waals surface area (Å²) in [5.41, 5.74) is 0.410. The topological polar surface area (TPSA) is 78.4 Å². The van der Waals surface area contributed by atoms with Gasteiger partial charge >= 0.3 is 0 Å². The fraction of sp³-hybridized carbons (Fsp3) is 0.467. The lowest BCUT2D eigenvalue weighted by molar-refractivity contribution is -0.122. The molecule has 2 atom stereocenters. The maximum Gasteiger partial charge on any atom is 0.251 e. The second-order valence-electron chi connectivity index (χ2n) is 5.22. The molecule has 1 aromatic rings. The SMILES string of the molecule is O=C(CNC(=O)c1cccc(Cl)c1)NC1CCCCC1O. The Labute approximate surface area is 128 Å². The minimum Gasteiger partial charge on any atom is -0.391 e. The Hall–Kier alpha value is -1.59. The van der Waals surface area contributed by atoms with Gasteiger partial charge < -0.3 is 15.7 Å². The van der Waals surface area contributed by atoms with Crippen LogP contribution < -0.4 is 10.6 Å². The maximum atomic E-state index is 11.9. The molecule has 5 nitrogen and oxygen atoms in total. The number of carbonyl (C=O) groups excluding carboxylic acids is 2. The predicted molar refractivity (Wildman–Crippen MR) is 80.2 cm³/mol. The van der Waals surface area contributed by atoms with E-state index in [9.17, 15) is 14.7 Å². The number of benzene rings is 1. The third kappa shape index (κ3) is 4.72. The average molecular weight is 311 g/mol. The zero-order chi connectivity index (χ0) is 15.2. The summed E-state index contributed by atoms with van der Waals surface area (Å²) < 4.78 is 0. The summed E-state index contributed by atoms with van der Waals surface area (Å²) in [4.78, 5) is 23.7. The summed E-state index contributed by atoms with van der Waals surface area (Å²) in [5, 5.41) is 15.6. The molecule has 0 aromatic heterocycles. The van der Waals surface area contributed by atoms with Gasteiger partial charge in [-0.3, -0.25) is 9.59 Å². The Bertz CT molecular complexity index is 521. The highest BCUT2D eigenvalue weighted by Crippen LogP contribution is 2.18. The first-order chi connectivity index (χ1) is 10.1. The van der Waals surface area contributed by atoms with Gasteiger partial charge in [0, 0.05) is 10.6 Å². The van der Waals surface area contributed by atoms with E-state index in [1.165, 1.54) is 0 Å². The van der Waals surface area contributed by atoms with Crippen molar-refractivity contribution < 1.29 is 14.7 Å². The van der Waals surface area contributed by atoms with Crippen LogP contribution >= 0.6 is 11.6 Å². The van der Waals surface area contributed by atoms with Gasteiger partial charge in [-0.1, -0.05) is 30.5 Å². The first kappa shape index (κ1) is 15.8. The number of amides is 2. The third-order valence-electron chi connectivity index (χ3n) is 3.57. The highest BCUT2D eigenvalue weighted by Gasteiger charge is 2.24. The summed E-state index contributed by atoms with van der Waals surface area (Å²) in [6, 6.07) is 6.31. The molecule has 0 heterocycles. The van der Waals surface area contributed by atoms with Crippen LogP contribution in [0.25, 0.3) is 0 Å². The minimum atomic E-state index is -0.494. The lowest BCUT2D eigenvalue weighted by Crippen LogP contribution is -2.48. The fourth-order valence-corrected chi connectivity index (χ4v) is 2.62. The Morgan fingerprint density at radius 2 is 2.05 bits per heavy atom. The first-order valence-electron chi connectivity index (χ1n) is 7.07. The molecule has 1 saturated carbocycles. The zero-order valence-corrected chi connectivity index (χ0v) is 12.4. The minimum absolute atomic E-state index is 0.117. The maximum absolute atomic E-state index is 11.9. The van der Waals surface area contributed by atoms with Crippen molar-refractivity contribution >= 4 is 23.4 Å². The van der Waals surface area contributed by atoms with Crippen molar-refractivity contribution in [2.45, 2.75) is 37.8 Å². The molecule has 21 heavy (non-hydrogen) atoms. The molecule has 0 spiro atoms. The zero-order valence-electron chi connectivity index (χ0n) is 11.6. The summed E-state index contributed by atoms with van der Waals surface area (Å²) >= 11 is 5.81. The van der Waals surface area contributed by atoms with E-state index in [0.29, 0.717) is 17.0 Å². The van der Waals surface area contributed by atoms with Crippen molar-refractivity contribution in [3.8, 4) is 0 Å². The number of aliphatic hydroxyl groups excluding tert-OH is 1. The fourth-order valence-electron chi connectivity index (χ4n) is 2.43. The number of rotatable bonds is 4. The number of nitrogens with one attached hydrogen (secondary N) is 2. The molecular formula is C15H19ClN2O3. The normalized spacial score (nSPS) is 21.6. The molecule has 2 amide bonds. The van der Waals surface area contributed by atoms with Crippen LogP contribution in [0.1, 0.15) is 36.0 Å². The van der Waals surface area contributed by atoms with E-state index >= 15 is 0 Å². The van der Waals surface area contributed by atoms with Gasteiger partial charge in [-0.15, -0.1) is 0 Å². The molecule has 1 aliphatic rings. The second kappa shape index (κ2) is 7.43. The van der Waals surface area contributed by atoms with Crippen LogP contribution in [0.3, 0.4) is 0 Å². The Morgan fingerprint density at radius 1 is 1.29 bits per heavy atom. The van der Waals surface area contributed by atoms with Gasteiger partial charge in [0.25, 0.3) is 5.91 Å². The standard InChI is InChI=1S/C15H19ClN2O3/c16-11-5-3-4-10(8-11)15(21)17-9-14(20)18-12-6-1-2-7-13(12)19/h3-5,8,12-13,19H,1-2,6-7,9H2,(H,17,21)(H,18,20). The average Bonchev–Trinajstić information content (AvgIpc) is 2.47. The second-order valence-corrected chi connectivity index (χ2v) is 5.66. The largest absolute Gasteiger partial charge is 0.391 e. The molecule has 1 fully saturated rings. The molecule has 0 bridgehead atoms. The molecule has 1 aromatic carbocycles. The lowest BCUT2D eigenvalue weighted by Gasteiger charge is -2.28. The molecule has 2 rings (SSSR count). The molecular weight excluding hydrogens is 292 g/mol. The summed E-state index contributed by atoms with van der Waals surface area (Å²) in [6.45, 7) is -0.117. The van der Waals surface area contributed by atoms with Gasteiger partial charge in [0.1, 0.15) is 0 Å². The molecule has 2 unspecified atom stereocenters. The van der Waals surface area contributed by atoms with Crippen molar-refractivity contribution in [1.29, 1.82) is 0 Å². The van der Waals surface area contributed by atoms with Crippen LogP contribution in [0, 0.1) is 0 Å². The van der Waals surface area contributed by atoms with E-state index < -0.39 is 6.10 Å². The molecule has 6 heteroatoms. The summed E-state index contributed by atoms with van der Waals surface area (Å²) in [6.07, 6.45) is 2.97. The van der Waals surface area contributed by atoms with Crippen LogP contribution in [0.4, 0.5) is 0 Å². The van der Waals surface area contributed by atoms with Crippen molar-refractivity contribution in [2.75, 3.05) is 6.54 Å². The van der Waals surface area contributed by atoms with Crippen molar-refractivity contribution in [3.63, 3.8) is 0 Å². The smallest absolute Gasteiger partial charge is 0.251 e. The van der Waals surface area contributed by atoms with E-state index in [-0.39, 0.29) is 24.4 Å². The quantitative estimate of drug-likeness (QED) is 0.788. The highest BCUT2D eigenvalue weighted by atomic mass is 35.5. The van der Waals surface area contributed by atoms with Crippen LogP contribution in [-0.4, -0.2) is 35.6 Å². The molecule has 1 aliphatic carbocycles. The van der Waals surface area contributed by atoms with Gasteiger partial charge in [0.15, 0.2) is 0 Å². The van der Waals surface area contributed by atoms with E-state index in [1.807, 2.05) is 0 Å². The van der Waals surface area contributed by atoms with E-state index in [2.05, 4.69) is 10.6 Å². The third-order valence-corrected chi connectivity index (χ3v) is 3.81. The Balaban J connectivity index is 1.79. The summed E-state index contributed by atoms with van der Waals surface area (Å²) in [5.74, 6) is -0.645. The van der Waals surface area contributed by atoms with Gasteiger partial charge in [-0.05, 0) is 31.0 Å². The lowest BCUT2D eigenvalue weighted by atomic mass is 9.92. The van der Waals surface area contributed by atoms with Crippen molar-refractivity contribution in [3.05, 3.63) is 34.9 Å². The Kier molecular flexibility index (Phi) is 5.59.